The van der Waals surface area contributed by atoms with Crippen molar-refractivity contribution in [2.24, 2.45) is 5.92 Å². The van der Waals surface area contributed by atoms with Gasteiger partial charge in [-0.05, 0) is 51.6 Å². The van der Waals surface area contributed by atoms with Crippen molar-refractivity contribution in [1.82, 2.24) is 0 Å². The van der Waals surface area contributed by atoms with E-state index in [1.807, 2.05) is 19.9 Å². The number of allylic oxidation sites excluding steroid dienone is 2. The fourth-order valence-electron chi connectivity index (χ4n) is 3.76. The molecule has 0 amide bonds. The van der Waals surface area contributed by atoms with Crippen LogP contribution in [0.4, 0.5) is 0 Å². The third kappa shape index (κ3) is 3.37. The zero-order valence-electron chi connectivity index (χ0n) is 14.5. The van der Waals surface area contributed by atoms with E-state index < -0.39 is 13.5 Å². The molecular weight excluding hydrogens is 288 g/mol. The van der Waals surface area contributed by atoms with E-state index in [9.17, 15) is 5.11 Å². The van der Waals surface area contributed by atoms with Crippen LogP contribution in [0.1, 0.15) is 47.5 Å². The van der Waals surface area contributed by atoms with Crippen LogP contribution in [0, 0.1) is 5.92 Å². The second kappa shape index (κ2) is 6.69. The summed E-state index contributed by atoms with van der Waals surface area (Å²) in [5, 5.41) is 11.5. The van der Waals surface area contributed by atoms with Crippen molar-refractivity contribution in [3.05, 3.63) is 42.5 Å². The molecule has 1 N–H and O–H groups in total. The molecule has 1 aliphatic rings. The second-order valence-electron chi connectivity index (χ2n) is 7.44. The Kier molecular flexibility index (Phi) is 5.31. The summed E-state index contributed by atoms with van der Waals surface area (Å²) in [6, 6.07) is 10.4. The molecule has 0 aromatic heterocycles. The van der Waals surface area contributed by atoms with Gasteiger partial charge in [-0.2, -0.15) is 0 Å². The number of hydrogen-bond acceptors (Lipinski definition) is 2. The summed E-state index contributed by atoms with van der Waals surface area (Å²) in [7, 11) is -2.61. The molecule has 2 nitrogen and oxygen atoms in total. The monoisotopic (exact) mass is 318 g/mol. The fourth-order valence-corrected chi connectivity index (χ4v) is 8.98. The normalized spacial score (nSPS) is 25.2. The van der Waals surface area contributed by atoms with Crippen LogP contribution in [0.15, 0.2) is 42.5 Å². The highest BCUT2D eigenvalue weighted by atomic mass is 28.4. The number of rotatable bonds is 5. The average molecular weight is 319 g/mol. The molecule has 0 radical (unpaired) electrons. The van der Waals surface area contributed by atoms with Crippen LogP contribution in [0.3, 0.4) is 0 Å². The van der Waals surface area contributed by atoms with Gasteiger partial charge in [0.15, 0.2) is 0 Å². The average Bonchev–Trinajstić information content (AvgIpc) is 2.44. The molecule has 0 fully saturated rings. The lowest BCUT2D eigenvalue weighted by atomic mass is 9.96. The summed E-state index contributed by atoms with van der Waals surface area (Å²) in [6.07, 6.45) is 6.90. The predicted molar refractivity (Wildman–Crippen MR) is 95.6 cm³/mol. The molecule has 3 atom stereocenters. The summed E-state index contributed by atoms with van der Waals surface area (Å²) in [4.78, 5) is 0. The highest BCUT2D eigenvalue weighted by molar-refractivity contribution is 6.90. The van der Waals surface area contributed by atoms with Crippen LogP contribution in [0.5, 0.6) is 0 Å². The zero-order valence-corrected chi connectivity index (χ0v) is 15.5. The van der Waals surface area contributed by atoms with Crippen LogP contribution in [-0.4, -0.2) is 24.8 Å². The second-order valence-corrected chi connectivity index (χ2v) is 11.7. The van der Waals surface area contributed by atoms with Gasteiger partial charge in [0.2, 0.25) is 0 Å². The van der Waals surface area contributed by atoms with Gasteiger partial charge in [-0.25, -0.2) is 0 Å². The van der Waals surface area contributed by atoms with E-state index in [0.717, 1.165) is 12.8 Å². The molecule has 0 saturated heterocycles. The minimum Gasteiger partial charge on any atom is -0.407 e. The SMILES string of the molecule is CC1CC=CC([Si](OC(C)C)(c2ccccc2)C(C)(C)O)C1. The molecule has 22 heavy (non-hydrogen) atoms. The van der Waals surface area contributed by atoms with E-state index in [2.05, 4.69) is 57.2 Å². The Morgan fingerprint density at radius 3 is 2.36 bits per heavy atom. The fraction of sp³-hybridized carbons (Fsp3) is 0.579. The maximum atomic E-state index is 11.2. The highest BCUT2D eigenvalue weighted by Crippen LogP contribution is 2.41. The Hall–Kier alpha value is -0.903. The van der Waals surface area contributed by atoms with Gasteiger partial charge in [-0.15, -0.1) is 0 Å². The minimum atomic E-state index is -2.61. The molecule has 1 aromatic carbocycles. The van der Waals surface area contributed by atoms with Gasteiger partial charge in [-0.3, -0.25) is 0 Å². The Morgan fingerprint density at radius 2 is 1.86 bits per heavy atom. The van der Waals surface area contributed by atoms with Crippen LogP contribution >= 0.6 is 0 Å². The van der Waals surface area contributed by atoms with Crippen LogP contribution in [-0.2, 0) is 4.43 Å². The van der Waals surface area contributed by atoms with Crippen molar-refractivity contribution < 1.29 is 9.53 Å². The van der Waals surface area contributed by atoms with E-state index in [4.69, 9.17) is 4.43 Å². The third-order valence-electron chi connectivity index (χ3n) is 4.62. The van der Waals surface area contributed by atoms with E-state index in [1.165, 1.54) is 5.19 Å². The summed E-state index contributed by atoms with van der Waals surface area (Å²) in [5.74, 6) is 0.642. The molecule has 2 rings (SSSR count). The summed E-state index contributed by atoms with van der Waals surface area (Å²) < 4.78 is 6.61. The molecule has 0 heterocycles. The van der Waals surface area contributed by atoms with E-state index in [-0.39, 0.29) is 6.10 Å². The first-order chi connectivity index (χ1) is 10.3. The van der Waals surface area contributed by atoms with Crippen LogP contribution in [0.25, 0.3) is 0 Å². The molecule has 0 aliphatic heterocycles. The van der Waals surface area contributed by atoms with Crippen LogP contribution in [0.2, 0.25) is 5.54 Å². The van der Waals surface area contributed by atoms with Crippen molar-refractivity contribution in [2.75, 3.05) is 0 Å². The Labute approximate surface area is 136 Å². The summed E-state index contributed by atoms with van der Waals surface area (Å²) >= 11 is 0. The van der Waals surface area contributed by atoms with Gasteiger partial charge < -0.3 is 9.53 Å². The van der Waals surface area contributed by atoms with Crippen molar-refractivity contribution in [2.45, 2.75) is 64.3 Å². The molecule has 1 aromatic rings. The molecule has 0 saturated carbocycles. The van der Waals surface area contributed by atoms with Crippen LogP contribution < -0.4 is 5.19 Å². The van der Waals surface area contributed by atoms with Gasteiger partial charge >= 0.3 is 0 Å². The largest absolute Gasteiger partial charge is 0.407 e. The van der Waals surface area contributed by atoms with Crippen molar-refractivity contribution in [3.8, 4) is 0 Å². The van der Waals surface area contributed by atoms with Crippen molar-refractivity contribution in [1.29, 1.82) is 0 Å². The predicted octanol–water partition coefficient (Wildman–Crippen LogP) is 3.93. The van der Waals surface area contributed by atoms with E-state index in [0.29, 0.717) is 11.5 Å². The van der Waals surface area contributed by atoms with Gasteiger partial charge in [0.25, 0.3) is 8.32 Å². The lowest BCUT2D eigenvalue weighted by molar-refractivity contribution is 0.102. The molecular formula is C19H30O2Si. The van der Waals surface area contributed by atoms with Gasteiger partial charge in [-0.1, -0.05) is 49.4 Å². The van der Waals surface area contributed by atoms with Gasteiger partial charge in [0.1, 0.15) is 0 Å². The first-order valence-corrected chi connectivity index (χ1v) is 10.4. The Bertz CT molecular complexity index is 504. The van der Waals surface area contributed by atoms with E-state index in [1.54, 1.807) is 0 Å². The van der Waals surface area contributed by atoms with Gasteiger partial charge in [0, 0.05) is 11.6 Å². The Morgan fingerprint density at radius 1 is 1.23 bits per heavy atom. The summed E-state index contributed by atoms with van der Waals surface area (Å²) in [6.45, 7) is 10.3. The van der Waals surface area contributed by atoms with E-state index >= 15 is 0 Å². The third-order valence-corrected chi connectivity index (χ3v) is 9.94. The van der Waals surface area contributed by atoms with Crippen molar-refractivity contribution in [3.63, 3.8) is 0 Å². The van der Waals surface area contributed by atoms with Gasteiger partial charge in [0.05, 0.1) is 5.22 Å². The lowest BCUT2D eigenvalue weighted by Crippen LogP contribution is -2.69. The maximum Gasteiger partial charge on any atom is 0.261 e. The maximum absolute atomic E-state index is 11.2. The first kappa shape index (κ1) is 17.5. The van der Waals surface area contributed by atoms with Crippen molar-refractivity contribution >= 4 is 13.5 Å². The molecule has 3 heteroatoms. The quantitative estimate of drug-likeness (QED) is 0.658. The lowest BCUT2D eigenvalue weighted by Gasteiger charge is -2.48. The number of hydrogen-bond donors (Lipinski definition) is 1. The molecule has 122 valence electrons. The standard InChI is InChI=1S/C19H30O2Si/c1-15(2)21-22(19(4,5)20,17-11-7-6-8-12-17)18-13-9-10-16(3)14-18/h6-9,11-13,15-16,18,20H,10,14H2,1-5H3. The number of aliphatic hydroxyl groups is 1. The number of benzene rings is 1. The minimum absolute atomic E-state index is 0.101. The molecule has 1 aliphatic carbocycles. The molecule has 0 spiro atoms. The smallest absolute Gasteiger partial charge is 0.261 e. The first-order valence-electron chi connectivity index (χ1n) is 8.39. The Balaban J connectivity index is 2.60. The molecule has 3 unspecified atom stereocenters. The molecule has 0 bridgehead atoms. The topological polar surface area (TPSA) is 29.5 Å². The summed E-state index contributed by atoms with van der Waals surface area (Å²) in [5.41, 5.74) is 0.307. The highest BCUT2D eigenvalue weighted by Gasteiger charge is 2.56. The zero-order chi connectivity index (χ0) is 16.4.